The van der Waals surface area contributed by atoms with E-state index in [4.69, 9.17) is 22.4 Å². The zero-order valence-electron chi connectivity index (χ0n) is 7.53. The molecule has 0 aromatic carbocycles. The number of aliphatic hydroxyl groups is 1. The van der Waals surface area contributed by atoms with Crippen molar-refractivity contribution < 1.29 is 13.9 Å². The van der Waals surface area contributed by atoms with Crippen LogP contribution in [0.2, 0.25) is 5.15 Å². The maximum atomic E-state index is 13.0. The summed E-state index contributed by atoms with van der Waals surface area (Å²) < 4.78 is 25.9. The van der Waals surface area contributed by atoms with Crippen LogP contribution in [0.15, 0.2) is 18.3 Å². The standard InChI is InChI=1S/C8H9ClF2N2O.ClH/c9-7-5(2-1-3-13-7)6(12)8(10,11)4-14;/h1-3,6,14H,4,12H2;1H/t6-;/m0./s1. The van der Waals surface area contributed by atoms with E-state index in [1.165, 1.54) is 18.3 Å². The van der Waals surface area contributed by atoms with Gasteiger partial charge >= 0.3 is 0 Å². The summed E-state index contributed by atoms with van der Waals surface area (Å²) in [6.07, 6.45) is 1.37. The van der Waals surface area contributed by atoms with Crippen molar-refractivity contribution in [2.24, 2.45) is 5.73 Å². The Morgan fingerprint density at radius 2 is 2.20 bits per heavy atom. The number of aliphatic hydroxyl groups excluding tert-OH is 1. The predicted octanol–water partition coefficient (Wildman–Crippen LogP) is 1.78. The number of hydrogen-bond donors (Lipinski definition) is 2. The summed E-state index contributed by atoms with van der Waals surface area (Å²) in [7, 11) is 0. The highest BCUT2D eigenvalue weighted by Gasteiger charge is 2.38. The third kappa shape index (κ3) is 3.24. The summed E-state index contributed by atoms with van der Waals surface area (Å²) in [4.78, 5) is 3.62. The van der Waals surface area contributed by atoms with Gasteiger partial charge in [-0.15, -0.1) is 12.4 Å². The summed E-state index contributed by atoms with van der Waals surface area (Å²) in [6, 6.07) is 1.16. The summed E-state index contributed by atoms with van der Waals surface area (Å²) in [6.45, 7) is -1.32. The van der Waals surface area contributed by atoms with Gasteiger partial charge in [-0.3, -0.25) is 0 Å². The van der Waals surface area contributed by atoms with Gasteiger partial charge in [0.25, 0.3) is 5.92 Å². The Bertz CT molecular complexity index is 325. The smallest absolute Gasteiger partial charge is 0.289 e. The van der Waals surface area contributed by atoms with Crippen LogP contribution in [-0.2, 0) is 0 Å². The van der Waals surface area contributed by atoms with Crippen LogP contribution >= 0.6 is 24.0 Å². The van der Waals surface area contributed by atoms with Gasteiger partial charge in [0.1, 0.15) is 11.8 Å². The van der Waals surface area contributed by atoms with Gasteiger partial charge in [0.2, 0.25) is 0 Å². The largest absolute Gasteiger partial charge is 0.390 e. The van der Waals surface area contributed by atoms with E-state index >= 15 is 0 Å². The number of alkyl halides is 2. The third-order valence-electron chi connectivity index (χ3n) is 1.79. The van der Waals surface area contributed by atoms with Crippen molar-refractivity contribution >= 4 is 24.0 Å². The van der Waals surface area contributed by atoms with Crippen molar-refractivity contribution in [3.05, 3.63) is 29.0 Å². The number of nitrogens with two attached hydrogens (primary N) is 1. The van der Waals surface area contributed by atoms with Crippen molar-refractivity contribution in [3.8, 4) is 0 Å². The van der Waals surface area contributed by atoms with Crippen LogP contribution in [0.4, 0.5) is 8.78 Å². The molecule has 1 aromatic rings. The van der Waals surface area contributed by atoms with E-state index in [1.807, 2.05) is 0 Å². The summed E-state index contributed by atoms with van der Waals surface area (Å²) in [5.41, 5.74) is 5.27. The van der Waals surface area contributed by atoms with Crippen LogP contribution in [0.3, 0.4) is 0 Å². The van der Waals surface area contributed by atoms with Crippen molar-refractivity contribution in [2.75, 3.05) is 6.61 Å². The summed E-state index contributed by atoms with van der Waals surface area (Å²) in [5.74, 6) is -3.40. The van der Waals surface area contributed by atoms with Gasteiger partial charge in [-0.2, -0.15) is 0 Å². The second-order valence-electron chi connectivity index (χ2n) is 2.78. The van der Waals surface area contributed by atoms with Gasteiger partial charge in [0.15, 0.2) is 0 Å². The number of aromatic nitrogens is 1. The molecule has 0 unspecified atom stereocenters. The summed E-state index contributed by atoms with van der Waals surface area (Å²) >= 11 is 5.58. The molecule has 3 nitrogen and oxygen atoms in total. The minimum absolute atomic E-state index is 0. The fourth-order valence-corrected chi connectivity index (χ4v) is 1.19. The predicted molar refractivity (Wildman–Crippen MR) is 55.5 cm³/mol. The zero-order chi connectivity index (χ0) is 10.8. The van der Waals surface area contributed by atoms with Crippen LogP contribution < -0.4 is 5.73 Å². The molecule has 1 atom stereocenters. The second-order valence-corrected chi connectivity index (χ2v) is 3.14. The van der Waals surface area contributed by atoms with Crippen LogP contribution in [0.5, 0.6) is 0 Å². The number of halogens is 4. The lowest BCUT2D eigenvalue weighted by molar-refractivity contribution is -0.0712. The van der Waals surface area contributed by atoms with Crippen molar-refractivity contribution in [2.45, 2.75) is 12.0 Å². The second kappa shape index (κ2) is 5.55. The first kappa shape index (κ1) is 14.5. The lowest BCUT2D eigenvalue weighted by atomic mass is 10.0. The van der Waals surface area contributed by atoms with E-state index in [0.29, 0.717) is 0 Å². The van der Waals surface area contributed by atoms with Gasteiger partial charge in [0.05, 0.1) is 6.04 Å². The number of hydrogen-bond acceptors (Lipinski definition) is 3. The fourth-order valence-electron chi connectivity index (χ4n) is 0.956. The quantitative estimate of drug-likeness (QED) is 0.813. The molecule has 0 aliphatic rings. The Morgan fingerprint density at radius 3 is 2.67 bits per heavy atom. The van der Waals surface area contributed by atoms with Gasteiger partial charge in [-0.25, -0.2) is 13.8 Å². The first-order valence-corrected chi connectivity index (χ1v) is 4.21. The van der Waals surface area contributed by atoms with Crippen LogP contribution in [0, 0.1) is 0 Å². The molecule has 1 aromatic heterocycles. The Kier molecular flexibility index (Phi) is 5.37. The van der Waals surface area contributed by atoms with Crippen LogP contribution in [-0.4, -0.2) is 22.6 Å². The molecule has 1 heterocycles. The fraction of sp³-hybridized carbons (Fsp3) is 0.375. The van der Waals surface area contributed by atoms with E-state index in [-0.39, 0.29) is 23.1 Å². The first-order valence-electron chi connectivity index (χ1n) is 3.83. The molecule has 7 heteroatoms. The number of nitrogens with zero attached hydrogens (tertiary/aromatic N) is 1. The Hall–Kier alpha value is -0.490. The topological polar surface area (TPSA) is 59.1 Å². The van der Waals surface area contributed by atoms with E-state index in [0.717, 1.165) is 0 Å². The molecule has 0 fully saturated rings. The SMILES string of the molecule is Cl.N[C@@H](c1cccnc1Cl)C(F)(F)CO. The van der Waals surface area contributed by atoms with Gasteiger partial charge in [-0.05, 0) is 6.07 Å². The van der Waals surface area contributed by atoms with Crippen molar-refractivity contribution in [1.29, 1.82) is 0 Å². The minimum atomic E-state index is -3.40. The molecule has 0 aliphatic heterocycles. The van der Waals surface area contributed by atoms with E-state index in [1.54, 1.807) is 0 Å². The van der Waals surface area contributed by atoms with E-state index in [2.05, 4.69) is 4.98 Å². The number of pyridine rings is 1. The third-order valence-corrected chi connectivity index (χ3v) is 2.10. The Labute approximate surface area is 96.7 Å². The molecular formula is C8H10Cl2F2N2O. The normalized spacial score (nSPS) is 13.1. The molecule has 0 saturated heterocycles. The van der Waals surface area contributed by atoms with Gasteiger partial charge in [0, 0.05) is 11.8 Å². The monoisotopic (exact) mass is 258 g/mol. The molecule has 0 saturated carbocycles. The maximum absolute atomic E-state index is 13.0. The van der Waals surface area contributed by atoms with Gasteiger partial charge < -0.3 is 10.8 Å². The average molecular weight is 259 g/mol. The molecule has 0 spiro atoms. The molecule has 15 heavy (non-hydrogen) atoms. The zero-order valence-corrected chi connectivity index (χ0v) is 9.10. The molecule has 1 rings (SSSR count). The molecule has 0 radical (unpaired) electrons. The van der Waals surface area contributed by atoms with Crippen molar-refractivity contribution in [1.82, 2.24) is 4.98 Å². The average Bonchev–Trinajstić information content (AvgIpc) is 2.17. The Balaban J connectivity index is 0.00000196. The molecule has 0 amide bonds. The van der Waals surface area contributed by atoms with Crippen LogP contribution in [0.1, 0.15) is 11.6 Å². The van der Waals surface area contributed by atoms with E-state index in [9.17, 15) is 8.78 Å². The number of rotatable bonds is 3. The molecule has 3 N–H and O–H groups in total. The van der Waals surface area contributed by atoms with Crippen molar-refractivity contribution in [3.63, 3.8) is 0 Å². The Morgan fingerprint density at radius 1 is 1.60 bits per heavy atom. The molecule has 86 valence electrons. The van der Waals surface area contributed by atoms with Gasteiger partial charge in [-0.1, -0.05) is 17.7 Å². The minimum Gasteiger partial charge on any atom is -0.390 e. The molecule has 0 aliphatic carbocycles. The highest BCUT2D eigenvalue weighted by Crippen LogP contribution is 2.31. The maximum Gasteiger partial charge on any atom is 0.289 e. The molecular weight excluding hydrogens is 249 g/mol. The first-order chi connectivity index (χ1) is 6.49. The molecule has 0 bridgehead atoms. The lowest BCUT2D eigenvalue weighted by Gasteiger charge is -2.21. The van der Waals surface area contributed by atoms with Crippen LogP contribution in [0.25, 0.3) is 0 Å². The highest BCUT2D eigenvalue weighted by atomic mass is 35.5. The highest BCUT2D eigenvalue weighted by molar-refractivity contribution is 6.30. The lowest BCUT2D eigenvalue weighted by Crippen LogP contribution is -2.36. The summed E-state index contributed by atoms with van der Waals surface area (Å²) in [5, 5.41) is 8.35. The van der Waals surface area contributed by atoms with E-state index < -0.39 is 18.6 Å².